The van der Waals surface area contributed by atoms with Gasteiger partial charge in [0.05, 0.1) is 36.6 Å². The van der Waals surface area contributed by atoms with E-state index in [1.165, 1.54) is 13.2 Å². The van der Waals surface area contributed by atoms with E-state index >= 15 is 0 Å². The minimum atomic E-state index is -0.779. The molecule has 2 N–H and O–H groups in total. The second-order valence-corrected chi connectivity index (χ2v) is 9.00. The maximum atomic E-state index is 14.1. The molecule has 4 heterocycles. The molecule has 2 saturated heterocycles. The zero-order valence-electron chi connectivity index (χ0n) is 18.9. The van der Waals surface area contributed by atoms with Gasteiger partial charge in [-0.1, -0.05) is 35.9 Å². The first kappa shape index (κ1) is 23.1. The van der Waals surface area contributed by atoms with Gasteiger partial charge in [0.1, 0.15) is 24.1 Å². The number of aliphatic hydroxyl groups is 1. The van der Waals surface area contributed by atoms with Crippen LogP contribution in [0.15, 0.2) is 42.5 Å². The van der Waals surface area contributed by atoms with Gasteiger partial charge in [-0.3, -0.25) is 0 Å². The van der Waals surface area contributed by atoms with Crippen molar-refractivity contribution in [3.8, 4) is 34.1 Å². The van der Waals surface area contributed by atoms with Crippen molar-refractivity contribution in [1.82, 2.24) is 15.0 Å². The Hall–Kier alpha value is -3.31. The van der Waals surface area contributed by atoms with E-state index in [9.17, 15) is 13.9 Å². The fourth-order valence-electron chi connectivity index (χ4n) is 4.63. The third kappa shape index (κ3) is 3.96. The zero-order chi connectivity index (χ0) is 25.0. The van der Waals surface area contributed by atoms with Crippen LogP contribution in [0.1, 0.15) is 0 Å². The van der Waals surface area contributed by atoms with Crippen molar-refractivity contribution < 1.29 is 32.8 Å². The monoisotopic (exact) mass is 515 g/mol. The fraction of sp³-hybridized carbons (Fsp3) is 0.280. The van der Waals surface area contributed by atoms with Gasteiger partial charge in [-0.15, -0.1) is 0 Å². The molecule has 0 unspecified atom stereocenters. The van der Waals surface area contributed by atoms with Gasteiger partial charge in [-0.05, 0) is 17.7 Å². The number of nitrogens with zero attached hydrogens (tertiary/aromatic N) is 2. The van der Waals surface area contributed by atoms with Crippen molar-refractivity contribution >= 4 is 22.8 Å². The van der Waals surface area contributed by atoms with Gasteiger partial charge in [-0.2, -0.15) is 4.98 Å². The number of H-pyrrole nitrogens is 1. The van der Waals surface area contributed by atoms with Gasteiger partial charge in [0.25, 0.3) is 6.01 Å². The molecular weight excluding hydrogens is 496 g/mol. The summed E-state index contributed by atoms with van der Waals surface area (Å²) in [6.45, 7) is 0.477. The highest BCUT2D eigenvalue weighted by Gasteiger charge is 2.48. The van der Waals surface area contributed by atoms with Crippen molar-refractivity contribution in [2.45, 2.75) is 24.4 Å². The summed E-state index contributed by atoms with van der Waals surface area (Å²) in [6, 6.07) is 10.8. The molecule has 6 rings (SSSR count). The summed E-state index contributed by atoms with van der Waals surface area (Å²) in [7, 11) is 1.33. The van der Waals surface area contributed by atoms with E-state index in [1.807, 2.05) is 0 Å². The largest absolute Gasteiger partial charge is 0.493 e. The highest BCUT2D eigenvalue weighted by Crippen LogP contribution is 2.36. The Morgan fingerprint density at radius 2 is 1.78 bits per heavy atom. The van der Waals surface area contributed by atoms with Crippen molar-refractivity contribution in [3.05, 3.63) is 59.1 Å². The number of ether oxygens (including phenoxy) is 4. The molecule has 0 radical (unpaired) electrons. The summed E-state index contributed by atoms with van der Waals surface area (Å²) in [5, 5.41) is 10.3. The van der Waals surface area contributed by atoms with E-state index in [4.69, 9.17) is 30.5 Å². The lowest BCUT2D eigenvalue weighted by atomic mass is 10.0. The van der Waals surface area contributed by atoms with E-state index in [2.05, 4.69) is 15.0 Å². The number of hydrogen-bond donors (Lipinski definition) is 2. The molecule has 2 aromatic carbocycles. The number of fused-ring (bicyclic) bond motifs is 2. The number of rotatable bonds is 5. The Bertz CT molecular complexity index is 1450. The van der Waals surface area contributed by atoms with Crippen LogP contribution in [0.3, 0.4) is 0 Å². The highest BCUT2D eigenvalue weighted by atomic mass is 35.5. The molecular formula is C25H20ClF2N3O5. The molecule has 186 valence electrons. The Morgan fingerprint density at radius 1 is 1.03 bits per heavy atom. The minimum Gasteiger partial charge on any atom is -0.493 e. The predicted molar refractivity (Wildman–Crippen MR) is 126 cm³/mol. The smallest absolute Gasteiger partial charge is 0.296 e. The number of pyridine rings is 1. The SMILES string of the molecule is COc1c(F)cc(F)cc1-c1ccc(-c2nc3nc(O[C@@H]4CO[C@H]5[C@@H]4OC[C@H]5O)[nH]c3cc2Cl)cc1. The summed E-state index contributed by atoms with van der Waals surface area (Å²) >= 11 is 6.51. The third-order valence-electron chi connectivity index (χ3n) is 6.33. The van der Waals surface area contributed by atoms with Gasteiger partial charge in [0, 0.05) is 17.2 Å². The summed E-state index contributed by atoms with van der Waals surface area (Å²) in [4.78, 5) is 12.1. The molecule has 0 aliphatic carbocycles. The summed E-state index contributed by atoms with van der Waals surface area (Å²) in [6.07, 6.45) is -1.87. The number of aliphatic hydroxyl groups excluding tert-OH is 1. The average Bonchev–Trinajstić information content (AvgIpc) is 3.55. The van der Waals surface area contributed by atoms with Gasteiger partial charge in [-0.25, -0.2) is 13.8 Å². The van der Waals surface area contributed by atoms with Crippen LogP contribution in [-0.2, 0) is 9.47 Å². The maximum Gasteiger partial charge on any atom is 0.296 e. The number of halogens is 3. The maximum absolute atomic E-state index is 14.1. The highest BCUT2D eigenvalue weighted by molar-refractivity contribution is 6.33. The number of methoxy groups -OCH3 is 1. The number of hydrogen-bond acceptors (Lipinski definition) is 7. The van der Waals surface area contributed by atoms with Gasteiger partial charge in [0.15, 0.2) is 23.3 Å². The van der Waals surface area contributed by atoms with E-state index in [1.54, 1.807) is 30.3 Å². The van der Waals surface area contributed by atoms with E-state index in [0.29, 0.717) is 38.6 Å². The Kier molecular flexibility index (Phi) is 5.76. The summed E-state index contributed by atoms with van der Waals surface area (Å²) < 4.78 is 50.2. The van der Waals surface area contributed by atoms with E-state index in [-0.39, 0.29) is 31.1 Å². The van der Waals surface area contributed by atoms with Gasteiger partial charge >= 0.3 is 0 Å². The standard InChI is InChI=1S/C25H20ClF2N3O5/c1-33-21-14(6-13(27)7-16(21)28)11-2-4-12(5-3-11)20-15(26)8-17-24(30-20)31-25(29-17)36-19-10-35-22-18(32)9-34-23(19)22/h2-8,18-19,22-23,32H,9-10H2,1H3,(H,29,30,31)/t18-,19-,22-,23-/m1/s1. The van der Waals surface area contributed by atoms with Crippen LogP contribution in [0.25, 0.3) is 33.5 Å². The van der Waals surface area contributed by atoms with Crippen LogP contribution in [-0.4, -0.2) is 64.8 Å². The minimum absolute atomic E-state index is 0.0396. The van der Waals surface area contributed by atoms with Crippen LogP contribution in [0.4, 0.5) is 8.78 Å². The number of aromatic amines is 1. The Labute approximate surface area is 208 Å². The Morgan fingerprint density at radius 3 is 2.56 bits per heavy atom. The predicted octanol–water partition coefficient (Wildman–Crippen LogP) is 4.14. The average molecular weight is 516 g/mol. The molecule has 11 heteroatoms. The Balaban J connectivity index is 1.27. The van der Waals surface area contributed by atoms with Crippen LogP contribution >= 0.6 is 11.6 Å². The normalized spacial score (nSPS) is 23.2. The molecule has 4 aromatic rings. The van der Waals surface area contributed by atoms with E-state index < -0.39 is 29.9 Å². The van der Waals surface area contributed by atoms with Crippen molar-refractivity contribution in [3.63, 3.8) is 0 Å². The van der Waals surface area contributed by atoms with Gasteiger partial charge in [0.2, 0.25) is 0 Å². The molecule has 2 fully saturated rings. The molecule has 4 atom stereocenters. The lowest BCUT2D eigenvalue weighted by molar-refractivity contribution is 0.00706. The lowest BCUT2D eigenvalue weighted by Gasteiger charge is -2.15. The fourth-order valence-corrected chi connectivity index (χ4v) is 4.89. The van der Waals surface area contributed by atoms with Crippen LogP contribution in [0.5, 0.6) is 11.8 Å². The molecule has 2 aromatic heterocycles. The van der Waals surface area contributed by atoms with Gasteiger partial charge < -0.3 is 29.0 Å². The van der Waals surface area contributed by atoms with Crippen molar-refractivity contribution in [1.29, 1.82) is 0 Å². The molecule has 0 saturated carbocycles. The summed E-state index contributed by atoms with van der Waals surface area (Å²) in [5.41, 5.74) is 3.01. The number of aromatic nitrogens is 3. The number of nitrogens with one attached hydrogen (secondary N) is 1. The zero-order valence-corrected chi connectivity index (χ0v) is 19.6. The van der Waals surface area contributed by atoms with Crippen molar-refractivity contribution in [2.75, 3.05) is 20.3 Å². The van der Waals surface area contributed by atoms with Crippen LogP contribution in [0.2, 0.25) is 5.02 Å². The van der Waals surface area contributed by atoms with E-state index in [0.717, 1.165) is 6.07 Å². The molecule has 2 aliphatic heterocycles. The second-order valence-electron chi connectivity index (χ2n) is 8.60. The molecule has 0 spiro atoms. The first-order valence-corrected chi connectivity index (χ1v) is 11.6. The number of imidazole rings is 1. The van der Waals surface area contributed by atoms with Crippen LogP contribution < -0.4 is 9.47 Å². The second kappa shape index (κ2) is 8.97. The number of benzene rings is 2. The topological polar surface area (TPSA) is 98.7 Å². The quantitative estimate of drug-likeness (QED) is 0.412. The lowest BCUT2D eigenvalue weighted by Crippen LogP contribution is -2.34. The summed E-state index contributed by atoms with van der Waals surface area (Å²) in [5.74, 6) is -1.52. The molecule has 36 heavy (non-hydrogen) atoms. The third-order valence-corrected chi connectivity index (χ3v) is 6.62. The molecule has 8 nitrogen and oxygen atoms in total. The molecule has 2 aliphatic rings. The first-order valence-electron chi connectivity index (χ1n) is 11.2. The van der Waals surface area contributed by atoms with Crippen molar-refractivity contribution in [2.24, 2.45) is 0 Å². The van der Waals surface area contributed by atoms with Crippen LogP contribution in [0, 0.1) is 11.6 Å². The molecule has 0 amide bonds. The molecule has 0 bridgehead atoms. The first-order chi connectivity index (χ1) is 17.4.